The minimum atomic E-state index is -0.410. The Morgan fingerprint density at radius 3 is 2.80 bits per heavy atom. The van der Waals surface area contributed by atoms with Crippen LogP contribution in [0, 0.1) is 17.1 Å². The minimum Gasteiger partial charge on any atom is -0.238 e. The second kappa shape index (κ2) is 3.59. The summed E-state index contributed by atoms with van der Waals surface area (Å²) in [6, 6.07) is 4.85. The molecule has 1 heterocycles. The Bertz CT molecular complexity index is 551. The number of nitriles is 1. The van der Waals surface area contributed by atoms with E-state index in [1.807, 2.05) is 19.9 Å². The summed E-state index contributed by atoms with van der Waals surface area (Å²) in [6.07, 6.45) is 0. The van der Waals surface area contributed by atoms with Gasteiger partial charge in [0, 0.05) is 5.92 Å². The molecule has 4 heteroatoms. The Morgan fingerprint density at radius 2 is 2.20 bits per heavy atom. The SMILES string of the molecule is CC(C)c1nc2c(F)cc(C#N)cc2s1. The first-order chi connectivity index (χ1) is 7.11. The molecule has 2 aromatic rings. The van der Waals surface area contributed by atoms with Gasteiger partial charge >= 0.3 is 0 Å². The molecule has 15 heavy (non-hydrogen) atoms. The predicted molar refractivity (Wildman–Crippen MR) is 58.4 cm³/mol. The number of aromatic nitrogens is 1. The minimum absolute atomic E-state index is 0.285. The number of rotatable bonds is 1. The summed E-state index contributed by atoms with van der Waals surface area (Å²) in [5, 5.41) is 9.61. The van der Waals surface area contributed by atoms with Gasteiger partial charge in [-0.25, -0.2) is 9.37 Å². The fourth-order valence-electron chi connectivity index (χ4n) is 1.32. The summed E-state index contributed by atoms with van der Waals surface area (Å²) in [7, 11) is 0. The van der Waals surface area contributed by atoms with E-state index < -0.39 is 5.82 Å². The first-order valence-corrected chi connectivity index (χ1v) is 5.43. The summed E-state index contributed by atoms with van der Waals surface area (Å²) in [5.74, 6) is -0.125. The van der Waals surface area contributed by atoms with Crippen LogP contribution in [0.5, 0.6) is 0 Å². The van der Waals surface area contributed by atoms with Crippen LogP contribution in [0.1, 0.15) is 30.3 Å². The van der Waals surface area contributed by atoms with Crippen LogP contribution in [-0.4, -0.2) is 4.98 Å². The maximum atomic E-state index is 13.5. The van der Waals surface area contributed by atoms with Gasteiger partial charge in [0.05, 0.1) is 21.3 Å². The zero-order chi connectivity index (χ0) is 11.0. The fraction of sp³-hybridized carbons (Fsp3) is 0.273. The van der Waals surface area contributed by atoms with Crippen LogP contribution in [0.25, 0.3) is 10.2 Å². The molecule has 0 radical (unpaired) electrons. The van der Waals surface area contributed by atoms with Gasteiger partial charge in [0.1, 0.15) is 5.52 Å². The number of thiazole rings is 1. The molecule has 76 valence electrons. The van der Waals surface area contributed by atoms with Crippen LogP contribution >= 0.6 is 11.3 Å². The molecule has 0 saturated heterocycles. The third-order valence-corrected chi connectivity index (χ3v) is 3.39. The highest BCUT2D eigenvalue weighted by molar-refractivity contribution is 7.18. The van der Waals surface area contributed by atoms with E-state index in [4.69, 9.17) is 5.26 Å². The second-order valence-electron chi connectivity index (χ2n) is 3.62. The molecule has 2 nitrogen and oxygen atoms in total. The lowest BCUT2D eigenvalue weighted by Gasteiger charge is -1.94. The Hall–Kier alpha value is -1.47. The van der Waals surface area contributed by atoms with E-state index in [1.165, 1.54) is 17.4 Å². The highest BCUT2D eigenvalue weighted by Crippen LogP contribution is 2.29. The molecule has 0 unspecified atom stereocenters. The van der Waals surface area contributed by atoms with Crippen molar-refractivity contribution >= 4 is 21.6 Å². The molecule has 1 aromatic carbocycles. The number of fused-ring (bicyclic) bond motifs is 1. The smallest absolute Gasteiger partial charge is 0.151 e. The van der Waals surface area contributed by atoms with Crippen LogP contribution in [0.3, 0.4) is 0 Å². The van der Waals surface area contributed by atoms with Gasteiger partial charge in [-0.2, -0.15) is 5.26 Å². The molecule has 1 aromatic heterocycles. The third-order valence-electron chi connectivity index (χ3n) is 2.09. The van der Waals surface area contributed by atoms with Crippen LogP contribution in [-0.2, 0) is 0 Å². The van der Waals surface area contributed by atoms with Crippen LogP contribution < -0.4 is 0 Å². The van der Waals surface area contributed by atoms with E-state index in [0.29, 0.717) is 11.1 Å². The largest absolute Gasteiger partial charge is 0.238 e. The zero-order valence-electron chi connectivity index (χ0n) is 8.41. The molecular formula is C11H9FN2S. The second-order valence-corrected chi connectivity index (χ2v) is 4.69. The van der Waals surface area contributed by atoms with Gasteiger partial charge in [-0.05, 0) is 12.1 Å². The normalized spacial score (nSPS) is 10.9. The Morgan fingerprint density at radius 1 is 1.47 bits per heavy atom. The van der Waals surface area contributed by atoms with Gasteiger partial charge in [0.2, 0.25) is 0 Å². The number of hydrogen-bond donors (Lipinski definition) is 0. The van der Waals surface area contributed by atoms with Crippen molar-refractivity contribution in [1.82, 2.24) is 4.98 Å². The molecule has 0 bridgehead atoms. The van der Waals surface area contributed by atoms with E-state index in [1.54, 1.807) is 6.07 Å². The van der Waals surface area contributed by atoms with E-state index in [0.717, 1.165) is 9.71 Å². The van der Waals surface area contributed by atoms with Gasteiger partial charge in [0.25, 0.3) is 0 Å². The topological polar surface area (TPSA) is 36.7 Å². The lowest BCUT2D eigenvalue weighted by Crippen LogP contribution is -1.85. The van der Waals surface area contributed by atoms with Crippen LogP contribution in [0.4, 0.5) is 4.39 Å². The summed E-state index contributed by atoms with van der Waals surface area (Å²) in [5.41, 5.74) is 0.724. The van der Waals surface area contributed by atoms with E-state index >= 15 is 0 Å². The van der Waals surface area contributed by atoms with Crippen molar-refractivity contribution in [3.05, 3.63) is 28.5 Å². The first-order valence-electron chi connectivity index (χ1n) is 4.62. The van der Waals surface area contributed by atoms with Crippen molar-refractivity contribution in [2.45, 2.75) is 19.8 Å². The average Bonchev–Trinajstić information content (AvgIpc) is 2.61. The molecule has 2 rings (SSSR count). The molecule has 0 amide bonds. The Balaban J connectivity index is 2.71. The third kappa shape index (κ3) is 1.71. The highest BCUT2D eigenvalue weighted by atomic mass is 32.1. The molecule has 0 aliphatic carbocycles. The Kier molecular flexibility index (Phi) is 2.41. The summed E-state index contributed by atoms with van der Waals surface area (Å²) < 4.78 is 14.2. The van der Waals surface area contributed by atoms with Crippen molar-refractivity contribution in [2.75, 3.05) is 0 Å². The van der Waals surface area contributed by atoms with Gasteiger partial charge in [0.15, 0.2) is 5.82 Å². The number of halogens is 1. The van der Waals surface area contributed by atoms with Crippen molar-refractivity contribution in [1.29, 1.82) is 5.26 Å². The summed E-state index contributed by atoms with van der Waals surface area (Å²) >= 11 is 1.45. The maximum Gasteiger partial charge on any atom is 0.151 e. The van der Waals surface area contributed by atoms with E-state index in [-0.39, 0.29) is 5.92 Å². The lowest BCUT2D eigenvalue weighted by atomic mass is 10.2. The van der Waals surface area contributed by atoms with E-state index in [2.05, 4.69) is 4.98 Å². The molecule has 0 atom stereocenters. The van der Waals surface area contributed by atoms with Crippen molar-refractivity contribution in [3.63, 3.8) is 0 Å². The van der Waals surface area contributed by atoms with Crippen molar-refractivity contribution < 1.29 is 4.39 Å². The van der Waals surface area contributed by atoms with Crippen LogP contribution in [0.2, 0.25) is 0 Å². The van der Waals surface area contributed by atoms with Crippen molar-refractivity contribution in [3.8, 4) is 6.07 Å². The monoisotopic (exact) mass is 220 g/mol. The van der Waals surface area contributed by atoms with E-state index in [9.17, 15) is 4.39 Å². The predicted octanol–water partition coefficient (Wildman–Crippen LogP) is 3.43. The molecular weight excluding hydrogens is 211 g/mol. The number of benzene rings is 1. The van der Waals surface area contributed by atoms with Gasteiger partial charge in [-0.3, -0.25) is 0 Å². The molecule has 0 fully saturated rings. The van der Waals surface area contributed by atoms with Crippen molar-refractivity contribution in [2.24, 2.45) is 0 Å². The standard InChI is InChI=1S/C11H9FN2S/c1-6(2)11-14-10-8(12)3-7(5-13)4-9(10)15-11/h3-4,6H,1-2H3. The zero-order valence-corrected chi connectivity index (χ0v) is 9.23. The molecule has 0 aliphatic heterocycles. The summed E-state index contributed by atoms with van der Waals surface area (Å²) in [4.78, 5) is 4.22. The molecule has 0 aliphatic rings. The van der Waals surface area contributed by atoms with Crippen LogP contribution in [0.15, 0.2) is 12.1 Å². The van der Waals surface area contributed by atoms with Gasteiger partial charge in [-0.15, -0.1) is 11.3 Å². The highest BCUT2D eigenvalue weighted by Gasteiger charge is 2.11. The summed E-state index contributed by atoms with van der Waals surface area (Å²) in [6.45, 7) is 4.03. The van der Waals surface area contributed by atoms with Gasteiger partial charge in [-0.1, -0.05) is 13.8 Å². The lowest BCUT2D eigenvalue weighted by molar-refractivity contribution is 0.636. The molecule has 0 spiro atoms. The maximum absolute atomic E-state index is 13.5. The fourth-order valence-corrected chi connectivity index (χ4v) is 2.34. The number of hydrogen-bond acceptors (Lipinski definition) is 3. The Labute approximate surface area is 91.0 Å². The molecule has 0 saturated carbocycles. The average molecular weight is 220 g/mol. The quantitative estimate of drug-likeness (QED) is 0.738. The molecule has 0 N–H and O–H groups in total. The van der Waals surface area contributed by atoms with Gasteiger partial charge < -0.3 is 0 Å². The first kappa shape index (κ1) is 10.1. The number of nitrogens with zero attached hydrogens (tertiary/aromatic N) is 2.